The van der Waals surface area contributed by atoms with Crippen LogP contribution in [0.2, 0.25) is 0 Å². The van der Waals surface area contributed by atoms with Gasteiger partial charge in [0.2, 0.25) is 11.8 Å². The Kier molecular flexibility index (Phi) is 5.42. The molecule has 1 aliphatic heterocycles. The van der Waals surface area contributed by atoms with E-state index in [1.54, 1.807) is 6.20 Å². The number of likely N-dealkylation sites (tertiary alicyclic amines) is 1. The lowest BCUT2D eigenvalue weighted by molar-refractivity contribution is -0.141. The van der Waals surface area contributed by atoms with Gasteiger partial charge in [0, 0.05) is 48.4 Å². The molecule has 2 amide bonds. The molecule has 152 valence electrons. The van der Waals surface area contributed by atoms with Gasteiger partial charge in [0.05, 0.1) is 0 Å². The van der Waals surface area contributed by atoms with E-state index in [4.69, 9.17) is 0 Å². The van der Waals surface area contributed by atoms with Gasteiger partial charge in [-0.3, -0.25) is 19.3 Å². The molecule has 0 unspecified atom stereocenters. The largest absolute Gasteiger partial charge is 0.367 e. The van der Waals surface area contributed by atoms with Crippen molar-refractivity contribution in [3.05, 3.63) is 40.4 Å². The Labute approximate surface area is 168 Å². The van der Waals surface area contributed by atoms with Crippen molar-refractivity contribution in [2.24, 2.45) is 0 Å². The number of aromatic amines is 1. The van der Waals surface area contributed by atoms with E-state index in [9.17, 15) is 14.4 Å². The van der Waals surface area contributed by atoms with Crippen LogP contribution in [0.4, 0.5) is 5.82 Å². The Morgan fingerprint density at radius 3 is 2.45 bits per heavy atom. The zero-order valence-corrected chi connectivity index (χ0v) is 16.5. The Morgan fingerprint density at radius 1 is 1.10 bits per heavy atom. The quantitative estimate of drug-likeness (QED) is 0.752. The number of hydrogen-bond acceptors (Lipinski definition) is 6. The van der Waals surface area contributed by atoms with E-state index >= 15 is 0 Å². The smallest absolute Gasteiger partial charge is 0.251 e. The van der Waals surface area contributed by atoms with Crippen LogP contribution in [0.5, 0.6) is 0 Å². The highest BCUT2D eigenvalue weighted by Gasteiger charge is 2.36. The molecule has 29 heavy (non-hydrogen) atoms. The molecule has 1 saturated carbocycles. The summed E-state index contributed by atoms with van der Waals surface area (Å²) in [5, 5.41) is 3.44. The highest BCUT2D eigenvalue weighted by molar-refractivity contribution is 6.02. The number of amides is 2. The Bertz CT molecular complexity index is 945. The van der Waals surface area contributed by atoms with Gasteiger partial charge in [0.25, 0.3) is 5.56 Å². The molecule has 4 rings (SSSR count). The summed E-state index contributed by atoms with van der Waals surface area (Å²) in [5.74, 6) is 1.23. The minimum absolute atomic E-state index is 0.0255. The van der Waals surface area contributed by atoms with E-state index in [0.717, 1.165) is 42.8 Å². The van der Waals surface area contributed by atoms with Gasteiger partial charge in [-0.05, 0) is 44.2 Å². The number of pyridine rings is 1. The second-order valence-corrected chi connectivity index (χ2v) is 7.68. The number of anilines is 1. The van der Waals surface area contributed by atoms with Crippen LogP contribution in [0.1, 0.15) is 51.1 Å². The molecule has 0 spiro atoms. The fraction of sp³-hybridized carbons (Fsp3) is 0.476. The van der Waals surface area contributed by atoms with E-state index in [1.165, 1.54) is 11.0 Å². The number of nitrogens with one attached hydrogen (secondary N) is 2. The van der Waals surface area contributed by atoms with E-state index in [0.29, 0.717) is 25.1 Å². The van der Waals surface area contributed by atoms with Crippen molar-refractivity contribution in [1.82, 2.24) is 19.9 Å². The molecule has 0 radical (unpaired) electrons. The highest BCUT2D eigenvalue weighted by atomic mass is 16.2. The minimum Gasteiger partial charge on any atom is -0.367 e. The fourth-order valence-corrected chi connectivity index (χ4v) is 4.13. The van der Waals surface area contributed by atoms with Gasteiger partial charge in [0.1, 0.15) is 11.6 Å². The van der Waals surface area contributed by atoms with Gasteiger partial charge >= 0.3 is 0 Å². The molecule has 2 aromatic rings. The maximum Gasteiger partial charge on any atom is 0.251 e. The molecule has 0 aromatic carbocycles. The summed E-state index contributed by atoms with van der Waals surface area (Å²) in [4.78, 5) is 48.8. The van der Waals surface area contributed by atoms with E-state index < -0.39 is 0 Å². The Morgan fingerprint density at radius 2 is 1.83 bits per heavy atom. The lowest BCUT2D eigenvalue weighted by Crippen LogP contribution is -2.43. The highest BCUT2D eigenvalue weighted by Crippen LogP contribution is 2.29. The molecule has 1 saturated heterocycles. The van der Waals surface area contributed by atoms with Gasteiger partial charge in [-0.1, -0.05) is 6.92 Å². The maximum absolute atomic E-state index is 11.9. The maximum atomic E-state index is 11.9. The first-order valence-corrected chi connectivity index (χ1v) is 10.2. The van der Waals surface area contributed by atoms with E-state index in [-0.39, 0.29) is 29.5 Å². The molecule has 8 heteroatoms. The number of aryl methyl sites for hydroxylation is 1. The third-order valence-electron chi connectivity index (χ3n) is 5.70. The molecule has 2 N–H and O–H groups in total. The lowest BCUT2D eigenvalue weighted by Gasteiger charge is -2.34. The number of hydrogen-bond donors (Lipinski definition) is 2. The summed E-state index contributed by atoms with van der Waals surface area (Å²) in [5.41, 5.74) is 1.34. The average molecular weight is 395 g/mol. The van der Waals surface area contributed by atoms with E-state index in [1.807, 2.05) is 19.1 Å². The molecule has 8 nitrogen and oxygen atoms in total. The van der Waals surface area contributed by atoms with Crippen LogP contribution >= 0.6 is 0 Å². The number of rotatable bonds is 5. The number of aromatic nitrogens is 3. The molecular formula is C21H25N5O3. The lowest BCUT2D eigenvalue weighted by atomic mass is 9.90. The molecule has 0 bridgehead atoms. The predicted octanol–water partition coefficient (Wildman–Crippen LogP) is 2.27. The van der Waals surface area contributed by atoms with Crippen molar-refractivity contribution in [3.8, 4) is 11.4 Å². The van der Waals surface area contributed by atoms with Gasteiger partial charge in [-0.25, -0.2) is 9.97 Å². The molecule has 2 aliphatic rings. The van der Waals surface area contributed by atoms with Crippen molar-refractivity contribution < 1.29 is 9.59 Å². The Hall–Kier alpha value is -3.03. The monoisotopic (exact) mass is 395 g/mol. The van der Waals surface area contributed by atoms with Crippen molar-refractivity contribution >= 4 is 17.6 Å². The normalized spacial score (nSPS) is 22.2. The van der Waals surface area contributed by atoms with Crippen LogP contribution in [0.3, 0.4) is 0 Å². The number of carbonyl (C=O) groups is 2. The third-order valence-corrected chi connectivity index (χ3v) is 5.70. The van der Waals surface area contributed by atoms with Gasteiger partial charge in [-0.2, -0.15) is 0 Å². The zero-order chi connectivity index (χ0) is 20.4. The summed E-state index contributed by atoms with van der Waals surface area (Å²) in [6.45, 7) is 1.96. The van der Waals surface area contributed by atoms with Crippen LogP contribution in [-0.2, 0) is 16.0 Å². The molecule has 3 heterocycles. The average Bonchev–Trinajstić information content (AvgIpc) is 3.07. The summed E-state index contributed by atoms with van der Waals surface area (Å²) < 4.78 is 0. The second kappa shape index (κ2) is 8.14. The van der Waals surface area contributed by atoms with E-state index in [2.05, 4.69) is 20.3 Å². The van der Waals surface area contributed by atoms with Gasteiger partial charge < -0.3 is 10.3 Å². The number of imide groups is 1. The number of carbonyl (C=O) groups excluding carboxylic acids is 2. The van der Waals surface area contributed by atoms with Crippen molar-refractivity contribution in [2.75, 3.05) is 5.32 Å². The summed E-state index contributed by atoms with van der Waals surface area (Å²) >= 11 is 0. The van der Waals surface area contributed by atoms with Gasteiger partial charge in [0.15, 0.2) is 0 Å². The molecule has 2 aromatic heterocycles. The fourth-order valence-electron chi connectivity index (χ4n) is 4.13. The van der Waals surface area contributed by atoms with Crippen molar-refractivity contribution in [3.63, 3.8) is 0 Å². The number of H-pyrrole nitrogens is 1. The summed E-state index contributed by atoms with van der Waals surface area (Å²) in [6, 6.07) is 5.58. The van der Waals surface area contributed by atoms with Crippen LogP contribution in [0.15, 0.2) is 29.2 Å². The minimum atomic E-state index is -0.166. The van der Waals surface area contributed by atoms with Crippen molar-refractivity contribution in [2.45, 2.75) is 64.0 Å². The molecule has 0 atom stereocenters. The van der Waals surface area contributed by atoms with Crippen molar-refractivity contribution in [1.29, 1.82) is 0 Å². The summed E-state index contributed by atoms with van der Waals surface area (Å²) in [7, 11) is 0. The first kappa shape index (κ1) is 19.3. The predicted molar refractivity (Wildman–Crippen MR) is 108 cm³/mol. The summed E-state index contributed by atoms with van der Waals surface area (Å²) in [6.07, 6.45) is 6.53. The Balaban J connectivity index is 1.36. The standard InChI is InChI=1S/C21H25N5O3/c1-2-14-11-18(27)25-21(24-14)13-3-8-17(22-12-13)23-15-4-6-16(7-5-15)26-19(28)9-10-20(26)29/h3,8,11-12,15-16H,2,4-7,9-10H2,1H3,(H,22,23)(H,24,25,27). The molecular weight excluding hydrogens is 370 g/mol. The van der Waals surface area contributed by atoms with Crippen LogP contribution < -0.4 is 10.9 Å². The van der Waals surface area contributed by atoms with Crippen LogP contribution in [0, 0.1) is 0 Å². The second-order valence-electron chi connectivity index (χ2n) is 7.68. The third kappa shape index (κ3) is 4.21. The first-order valence-electron chi connectivity index (χ1n) is 10.2. The zero-order valence-electron chi connectivity index (χ0n) is 16.5. The first-order chi connectivity index (χ1) is 14.0. The van der Waals surface area contributed by atoms with Gasteiger partial charge in [-0.15, -0.1) is 0 Å². The molecule has 2 fully saturated rings. The molecule has 1 aliphatic carbocycles. The topological polar surface area (TPSA) is 108 Å². The van der Waals surface area contributed by atoms with Crippen LogP contribution in [-0.4, -0.2) is 43.7 Å². The SMILES string of the molecule is CCc1cc(=O)[nH]c(-c2ccc(NC3CCC(N4C(=O)CCC4=O)CC3)nc2)n1. The number of nitrogens with zero attached hydrogens (tertiary/aromatic N) is 3. The van der Waals surface area contributed by atoms with Crippen LogP contribution in [0.25, 0.3) is 11.4 Å².